The normalized spacial score (nSPS) is 15.8. The van der Waals surface area contributed by atoms with E-state index in [0.717, 1.165) is 7.11 Å². The van der Waals surface area contributed by atoms with Crippen LogP contribution >= 0.6 is 7.75 Å². The number of nitrogens with zero attached hydrogens (tertiary/aromatic N) is 4. The summed E-state index contributed by atoms with van der Waals surface area (Å²) in [6, 6.07) is 11.8. The number of ether oxygens (including phenoxy) is 4. The average Bonchev–Trinajstić information content (AvgIpc) is 3.49. The molecule has 17 heteroatoms. The Bertz CT molecular complexity index is 1660. The van der Waals surface area contributed by atoms with Crippen LogP contribution in [0.25, 0.3) is 5.52 Å². The standard InChI is InChI=1S/C31H41N6O10P/c1-8-43-30(40)21(6)36-48(41,47-22-12-10-9-11-13-22)44-17-31(16-32,42-7)26(46-29(39)20(4)5)25(45-28(38)19(2)3)23-14-15-24-27(33)34-18-35-37(23)24/h9-15,18-21,25-26H,8,17H2,1-7H3,(H,36,41)(H2,33,34,35)/t21-,25-,26-,31+,48?/m0/s1. The number of hydrogen-bond donors (Lipinski definition) is 2. The average molecular weight is 689 g/mol. The second kappa shape index (κ2) is 16.5. The number of nitriles is 1. The third-order valence-electron chi connectivity index (χ3n) is 6.93. The minimum atomic E-state index is -4.54. The highest BCUT2D eigenvalue weighted by Crippen LogP contribution is 2.47. The molecule has 3 aromatic rings. The molecule has 0 radical (unpaired) electrons. The number of carbonyl (C=O) groups excluding carboxylic acids is 3. The number of esters is 3. The van der Waals surface area contributed by atoms with Gasteiger partial charge in [-0.2, -0.15) is 15.4 Å². The summed E-state index contributed by atoms with van der Waals surface area (Å²) in [5.74, 6) is -3.39. The lowest BCUT2D eigenvalue weighted by Gasteiger charge is -2.38. The number of nitrogens with two attached hydrogens (primary N) is 1. The first kappa shape index (κ1) is 37.9. The third kappa shape index (κ3) is 9.07. The topological polar surface area (TPSA) is 216 Å². The lowest BCUT2D eigenvalue weighted by molar-refractivity contribution is -0.197. The van der Waals surface area contributed by atoms with E-state index >= 15 is 0 Å². The Morgan fingerprint density at radius 2 is 1.67 bits per heavy atom. The van der Waals surface area contributed by atoms with Crippen molar-refractivity contribution < 1.29 is 46.9 Å². The predicted molar refractivity (Wildman–Crippen MR) is 171 cm³/mol. The van der Waals surface area contributed by atoms with Gasteiger partial charge in [0.25, 0.3) is 0 Å². The van der Waals surface area contributed by atoms with E-state index in [1.807, 2.05) is 6.07 Å². The second-order valence-electron chi connectivity index (χ2n) is 11.2. The molecule has 0 aliphatic heterocycles. The number of fused-ring (bicyclic) bond motifs is 1. The molecular formula is C31H41N6O10P. The van der Waals surface area contributed by atoms with Gasteiger partial charge in [-0.05, 0) is 38.1 Å². The Morgan fingerprint density at radius 1 is 1.02 bits per heavy atom. The predicted octanol–water partition coefficient (Wildman–Crippen LogP) is 3.77. The monoisotopic (exact) mass is 688 g/mol. The first-order chi connectivity index (χ1) is 22.7. The summed E-state index contributed by atoms with van der Waals surface area (Å²) < 4.78 is 49.6. The third-order valence-corrected chi connectivity index (χ3v) is 8.55. The lowest BCUT2D eigenvalue weighted by Crippen LogP contribution is -2.54. The van der Waals surface area contributed by atoms with Gasteiger partial charge in [0.05, 0.1) is 24.1 Å². The number of anilines is 1. The number of carbonyl (C=O) groups is 3. The van der Waals surface area contributed by atoms with Crippen LogP contribution in [0, 0.1) is 23.2 Å². The summed E-state index contributed by atoms with van der Waals surface area (Å²) in [5, 5.41) is 17.5. The van der Waals surface area contributed by atoms with Crippen molar-refractivity contribution in [2.75, 3.05) is 26.1 Å². The van der Waals surface area contributed by atoms with Crippen LogP contribution in [0.5, 0.6) is 5.75 Å². The molecule has 5 atom stereocenters. The molecule has 0 aliphatic carbocycles. The number of nitrogens with one attached hydrogen (secondary N) is 1. The highest BCUT2D eigenvalue weighted by atomic mass is 31.2. The molecular weight excluding hydrogens is 647 g/mol. The fraction of sp³-hybridized carbons (Fsp3) is 0.484. The van der Waals surface area contributed by atoms with Crippen molar-refractivity contribution in [2.24, 2.45) is 11.8 Å². The molecule has 0 bridgehead atoms. The fourth-order valence-electron chi connectivity index (χ4n) is 4.24. The summed E-state index contributed by atoms with van der Waals surface area (Å²) >= 11 is 0. The Morgan fingerprint density at radius 3 is 2.25 bits per heavy atom. The molecule has 2 heterocycles. The van der Waals surface area contributed by atoms with E-state index in [9.17, 15) is 24.2 Å². The number of methoxy groups -OCH3 is 1. The summed E-state index contributed by atoms with van der Waals surface area (Å²) in [6.45, 7) is 8.47. The van der Waals surface area contributed by atoms with Gasteiger partial charge in [-0.25, -0.2) is 14.1 Å². The lowest BCUT2D eigenvalue weighted by atomic mass is 9.92. The van der Waals surface area contributed by atoms with Crippen molar-refractivity contribution in [3.05, 3.63) is 54.5 Å². The van der Waals surface area contributed by atoms with Crippen LogP contribution in [0.15, 0.2) is 48.8 Å². The molecule has 0 saturated heterocycles. The minimum Gasteiger partial charge on any atom is -0.465 e. The fourth-order valence-corrected chi connectivity index (χ4v) is 5.76. The van der Waals surface area contributed by atoms with Gasteiger partial charge in [-0.15, -0.1) is 0 Å². The first-order valence-electron chi connectivity index (χ1n) is 15.1. The molecule has 0 spiro atoms. The van der Waals surface area contributed by atoms with Crippen LogP contribution in [-0.4, -0.2) is 70.6 Å². The molecule has 3 N–H and O–H groups in total. The molecule has 1 unspecified atom stereocenters. The van der Waals surface area contributed by atoms with Crippen molar-refractivity contribution in [3.8, 4) is 11.8 Å². The molecule has 48 heavy (non-hydrogen) atoms. The molecule has 3 rings (SSSR count). The van der Waals surface area contributed by atoms with Gasteiger partial charge in [0, 0.05) is 7.11 Å². The highest BCUT2D eigenvalue weighted by Gasteiger charge is 2.52. The van der Waals surface area contributed by atoms with Crippen molar-refractivity contribution in [1.82, 2.24) is 19.7 Å². The molecule has 0 amide bonds. The first-order valence-corrected chi connectivity index (χ1v) is 16.6. The van der Waals surface area contributed by atoms with E-state index < -0.39 is 67.9 Å². The van der Waals surface area contributed by atoms with Gasteiger partial charge in [0.2, 0.25) is 5.60 Å². The van der Waals surface area contributed by atoms with E-state index in [0.29, 0.717) is 5.52 Å². The van der Waals surface area contributed by atoms with Gasteiger partial charge in [0.1, 0.15) is 36.3 Å². The van der Waals surface area contributed by atoms with Crippen LogP contribution < -0.4 is 15.3 Å². The molecule has 16 nitrogen and oxygen atoms in total. The summed E-state index contributed by atoms with van der Waals surface area (Å²) in [7, 11) is -3.41. The zero-order valence-electron chi connectivity index (χ0n) is 27.8. The van der Waals surface area contributed by atoms with Crippen LogP contribution in [-0.2, 0) is 42.4 Å². The SMILES string of the molecule is CCOC(=O)[C@H](C)NP(=O)(OC[C@@](C#N)(OC)[C@@H](OC(=O)C(C)C)[C@@H](OC(=O)C(C)C)c1ccc2c(N)ncnn12)Oc1ccccc1. The van der Waals surface area contributed by atoms with Gasteiger partial charge in [0.15, 0.2) is 18.0 Å². The summed E-state index contributed by atoms with van der Waals surface area (Å²) in [5.41, 5.74) is 4.20. The number of benzene rings is 1. The Balaban J connectivity index is 2.17. The van der Waals surface area contributed by atoms with E-state index in [-0.39, 0.29) is 23.9 Å². The quantitative estimate of drug-likeness (QED) is 0.117. The van der Waals surface area contributed by atoms with Gasteiger partial charge in [-0.1, -0.05) is 45.9 Å². The van der Waals surface area contributed by atoms with Gasteiger partial charge < -0.3 is 29.2 Å². The van der Waals surface area contributed by atoms with Gasteiger partial charge in [-0.3, -0.25) is 18.9 Å². The van der Waals surface area contributed by atoms with Crippen LogP contribution in [0.2, 0.25) is 0 Å². The van der Waals surface area contributed by atoms with E-state index in [4.69, 9.17) is 33.7 Å². The van der Waals surface area contributed by atoms with Gasteiger partial charge >= 0.3 is 25.7 Å². The summed E-state index contributed by atoms with van der Waals surface area (Å²) in [6.07, 6.45) is -2.14. The van der Waals surface area contributed by atoms with Crippen molar-refractivity contribution >= 4 is 37.0 Å². The minimum absolute atomic E-state index is 0.0567. The van der Waals surface area contributed by atoms with E-state index in [1.165, 1.54) is 36.0 Å². The van der Waals surface area contributed by atoms with Crippen molar-refractivity contribution in [2.45, 2.75) is 65.4 Å². The van der Waals surface area contributed by atoms with Crippen LogP contribution in [0.3, 0.4) is 0 Å². The molecule has 1 aromatic carbocycles. The molecule has 0 aliphatic rings. The zero-order chi connectivity index (χ0) is 35.6. The van der Waals surface area contributed by atoms with E-state index in [1.54, 1.807) is 58.9 Å². The molecule has 0 saturated carbocycles. The Kier molecular flexibility index (Phi) is 13.0. The number of hydrogen-bond acceptors (Lipinski definition) is 14. The molecule has 260 valence electrons. The zero-order valence-corrected chi connectivity index (χ0v) is 28.7. The Hall–Kier alpha value is -4.55. The Labute approximate surface area is 278 Å². The van der Waals surface area contributed by atoms with E-state index in [2.05, 4.69) is 15.2 Å². The van der Waals surface area contributed by atoms with Crippen LogP contribution in [0.1, 0.15) is 53.3 Å². The van der Waals surface area contributed by atoms with Crippen LogP contribution in [0.4, 0.5) is 5.82 Å². The number of aromatic nitrogens is 3. The number of rotatable bonds is 17. The number of nitrogen functional groups attached to an aromatic ring is 1. The van der Waals surface area contributed by atoms with Crippen molar-refractivity contribution in [3.63, 3.8) is 0 Å². The largest absolute Gasteiger partial charge is 0.465 e. The highest BCUT2D eigenvalue weighted by molar-refractivity contribution is 7.52. The maximum absolute atomic E-state index is 14.3. The molecule has 2 aromatic heterocycles. The number of para-hydroxylation sites is 1. The smallest absolute Gasteiger partial charge is 0.459 e. The summed E-state index contributed by atoms with van der Waals surface area (Å²) in [4.78, 5) is 42.8. The maximum Gasteiger partial charge on any atom is 0.459 e. The maximum atomic E-state index is 14.3. The second-order valence-corrected chi connectivity index (χ2v) is 12.9. The molecule has 0 fully saturated rings. The van der Waals surface area contributed by atoms with Crippen molar-refractivity contribution in [1.29, 1.82) is 5.26 Å².